The predicted molar refractivity (Wildman–Crippen MR) is 118 cm³/mol. The molecule has 0 unspecified atom stereocenters. The second kappa shape index (κ2) is 7.85. The Labute approximate surface area is 184 Å². The van der Waals surface area contributed by atoms with Crippen molar-refractivity contribution >= 4 is 22.6 Å². The van der Waals surface area contributed by atoms with Crippen molar-refractivity contribution in [3.63, 3.8) is 0 Å². The van der Waals surface area contributed by atoms with Gasteiger partial charge in [0.15, 0.2) is 0 Å². The molecule has 1 aliphatic carbocycles. The van der Waals surface area contributed by atoms with Crippen LogP contribution < -0.4 is 0 Å². The SMILES string of the molecule is CC(C)c1nc2c(c(I)c1[C@H](O)c1ccc(C(C)(F)F)cc1)[C@@H](O)CC(C)(C)C2. The molecule has 1 aromatic heterocycles. The van der Waals surface area contributed by atoms with E-state index in [2.05, 4.69) is 36.4 Å². The number of halogens is 3. The van der Waals surface area contributed by atoms with E-state index >= 15 is 0 Å². The summed E-state index contributed by atoms with van der Waals surface area (Å²) < 4.78 is 27.9. The maximum Gasteiger partial charge on any atom is 0.270 e. The molecule has 0 fully saturated rings. The Morgan fingerprint density at radius 2 is 1.79 bits per heavy atom. The Hall–Kier alpha value is -1.12. The first-order chi connectivity index (χ1) is 13.3. The average Bonchev–Trinajstić information content (AvgIpc) is 2.58. The lowest BCUT2D eigenvalue weighted by atomic mass is 9.74. The molecule has 2 atom stereocenters. The van der Waals surface area contributed by atoms with Gasteiger partial charge in [0.05, 0.1) is 11.8 Å². The number of aliphatic hydroxyl groups excluding tert-OH is 2. The smallest absolute Gasteiger partial charge is 0.270 e. The summed E-state index contributed by atoms with van der Waals surface area (Å²) in [5.74, 6) is -2.86. The van der Waals surface area contributed by atoms with Gasteiger partial charge < -0.3 is 10.2 Å². The zero-order valence-corrected chi connectivity index (χ0v) is 19.6. The zero-order chi connectivity index (χ0) is 21.7. The molecule has 0 spiro atoms. The normalized spacial score (nSPS) is 19.9. The lowest BCUT2D eigenvalue weighted by molar-refractivity contribution is 0.0174. The van der Waals surface area contributed by atoms with Crippen LogP contribution in [0.15, 0.2) is 24.3 Å². The number of benzene rings is 1. The van der Waals surface area contributed by atoms with Crippen LogP contribution in [0.5, 0.6) is 0 Å². The Balaban J connectivity index is 2.12. The molecule has 1 heterocycles. The molecule has 0 saturated carbocycles. The molecule has 1 aromatic carbocycles. The Bertz CT molecular complexity index is 905. The predicted octanol–water partition coefficient (Wildman–Crippen LogP) is 6.01. The average molecular weight is 515 g/mol. The number of fused-ring (bicyclic) bond motifs is 1. The van der Waals surface area contributed by atoms with E-state index in [1.807, 2.05) is 13.8 Å². The standard InChI is InChI=1S/C23H28F2INO2/c1-12(2)20-18(21(29)13-6-8-14(9-7-13)23(5,24)25)19(26)17-15(27-20)10-22(3,4)11-16(17)28/h6-9,12,16,21,28-29H,10-11H2,1-5H3/t16-,21+/m0/s1. The van der Waals surface area contributed by atoms with E-state index in [1.54, 1.807) is 0 Å². The molecule has 2 N–H and O–H groups in total. The van der Waals surface area contributed by atoms with Gasteiger partial charge in [-0.1, -0.05) is 52.0 Å². The van der Waals surface area contributed by atoms with Gasteiger partial charge in [-0.3, -0.25) is 4.98 Å². The molecule has 1 aliphatic rings. The first-order valence-corrected chi connectivity index (χ1v) is 11.0. The molecule has 29 heavy (non-hydrogen) atoms. The van der Waals surface area contributed by atoms with Crippen molar-refractivity contribution in [3.8, 4) is 0 Å². The third kappa shape index (κ3) is 4.49. The van der Waals surface area contributed by atoms with Crippen molar-refractivity contribution in [3.05, 3.63) is 61.5 Å². The summed E-state index contributed by atoms with van der Waals surface area (Å²) in [4.78, 5) is 4.88. The van der Waals surface area contributed by atoms with Gasteiger partial charge in [-0.15, -0.1) is 0 Å². The van der Waals surface area contributed by atoms with Crippen LogP contribution in [0.2, 0.25) is 0 Å². The van der Waals surface area contributed by atoms with Gasteiger partial charge >= 0.3 is 0 Å². The lowest BCUT2D eigenvalue weighted by Gasteiger charge is -2.36. The number of hydrogen-bond donors (Lipinski definition) is 2. The van der Waals surface area contributed by atoms with Crippen LogP contribution in [0.25, 0.3) is 0 Å². The molecule has 158 valence electrons. The highest BCUT2D eigenvalue weighted by Gasteiger charge is 2.36. The number of hydrogen-bond acceptors (Lipinski definition) is 3. The van der Waals surface area contributed by atoms with Crippen LogP contribution in [0, 0.1) is 8.99 Å². The molecule has 6 heteroatoms. The highest BCUT2D eigenvalue weighted by molar-refractivity contribution is 14.1. The number of alkyl halides is 2. The van der Waals surface area contributed by atoms with Gasteiger partial charge in [-0.05, 0) is 52.3 Å². The quantitative estimate of drug-likeness (QED) is 0.491. The Morgan fingerprint density at radius 3 is 2.31 bits per heavy atom. The molecular formula is C23H28F2INO2. The number of aromatic nitrogens is 1. The lowest BCUT2D eigenvalue weighted by Crippen LogP contribution is -2.29. The van der Waals surface area contributed by atoms with Gasteiger partial charge in [0.2, 0.25) is 0 Å². The van der Waals surface area contributed by atoms with Crippen LogP contribution in [-0.2, 0) is 12.3 Å². The van der Waals surface area contributed by atoms with E-state index in [0.29, 0.717) is 17.5 Å². The summed E-state index contributed by atoms with van der Waals surface area (Å²) in [6, 6.07) is 5.78. The Morgan fingerprint density at radius 1 is 1.21 bits per heavy atom. The summed E-state index contributed by atoms with van der Waals surface area (Å²) in [6.07, 6.45) is -0.236. The molecule has 0 radical (unpaired) electrons. The first-order valence-electron chi connectivity index (χ1n) is 9.88. The Kier molecular flexibility index (Phi) is 6.11. The van der Waals surface area contributed by atoms with Gasteiger partial charge in [-0.2, -0.15) is 0 Å². The maximum atomic E-state index is 13.5. The summed E-state index contributed by atoms with van der Waals surface area (Å²) in [5, 5.41) is 22.0. The van der Waals surface area contributed by atoms with Gasteiger partial charge in [0, 0.05) is 32.9 Å². The van der Waals surface area contributed by atoms with E-state index in [1.165, 1.54) is 24.3 Å². The fourth-order valence-electron chi connectivity index (χ4n) is 4.10. The number of nitrogens with zero attached hydrogens (tertiary/aromatic N) is 1. The highest BCUT2D eigenvalue weighted by atomic mass is 127. The molecule has 3 nitrogen and oxygen atoms in total. The van der Waals surface area contributed by atoms with Crippen molar-refractivity contribution in [2.24, 2.45) is 5.41 Å². The zero-order valence-electron chi connectivity index (χ0n) is 17.4. The fraction of sp³-hybridized carbons (Fsp3) is 0.522. The summed E-state index contributed by atoms with van der Waals surface area (Å²) in [5.41, 5.74) is 3.53. The minimum Gasteiger partial charge on any atom is -0.388 e. The summed E-state index contributed by atoms with van der Waals surface area (Å²) >= 11 is 2.19. The van der Waals surface area contributed by atoms with Crippen LogP contribution in [-0.4, -0.2) is 15.2 Å². The van der Waals surface area contributed by atoms with E-state index in [4.69, 9.17) is 4.98 Å². The van der Waals surface area contributed by atoms with Gasteiger partial charge in [0.25, 0.3) is 5.92 Å². The highest BCUT2D eigenvalue weighted by Crippen LogP contribution is 2.45. The van der Waals surface area contributed by atoms with Crippen molar-refractivity contribution in [1.29, 1.82) is 0 Å². The molecule has 0 bridgehead atoms. The van der Waals surface area contributed by atoms with Crippen molar-refractivity contribution in [2.45, 2.75) is 71.5 Å². The fourth-order valence-corrected chi connectivity index (χ4v) is 5.34. The van der Waals surface area contributed by atoms with E-state index in [-0.39, 0.29) is 16.9 Å². The van der Waals surface area contributed by atoms with E-state index < -0.39 is 18.1 Å². The van der Waals surface area contributed by atoms with Crippen LogP contribution in [0.1, 0.15) is 92.8 Å². The molecular weight excluding hydrogens is 487 g/mol. The minimum absolute atomic E-state index is 0.0436. The third-order valence-corrected chi connectivity index (χ3v) is 6.76. The minimum atomic E-state index is -2.93. The van der Waals surface area contributed by atoms with Crippen molar-refractivity contribution < 1.29 is 19.0 Å². The molecule has 3 rings (SSSR count). The van der Waals surface area contributed by atoms with Crippen LogP contribution in [0.4, 0.5) is 8.78 Å². The van der Waals surface area contributed by atoms with Crippen molar-refractivity contribution in [1.82, 2.24) is 4.98 Å². The van der Waals surface area contributed by atoms with Crippen LogP contribution >= 0.6 is 22.6 Å². The van der Waals surface area contributed by atoms with Crippen molar-refractivity contribution in [2.75, 3.05) is 0 Å². The molecule has 0 amide bonds. The first kappa shape index (κ1) is 22.6. The molecule has 0 saturated heterocycles. The van der Waals surface area contributed by atoms with Gasteiger partial charge in [0.1, 0.15) is 6.10 Å². The second-order valence-electron chi connectivity index (χ2n) is 9.21. The summed E-state index contributed by atoms with van der Waals surface area (Å²) in [6.45, 7) is 9.14. The van der Waals surface area contributed by atoms with E-state index in [9.17, 15) is 19.0 Å². The largest absolute Gasteiger partial charge is 0.388 e. The maximum absolute atomic E-state index is 13.5. The third-order valence-electron chi connectivity index (χ3n) is 5.59. The molecule has 0 aliphatic heterocycles. The number of rotatable bonds is 4. The monoisotopic (exact) mass is 515 g/mol. The van der Waals surface area contributed by atoms with E-state index in [0.717, 1.165) is 33.9 Å². The number of aliphatic hydroxyl groups is 2. The van der Waals surface area contributed by atoms with Crippen LogP contribution in [0.3, 0.4) is 0 Å². The topological polar surface area (TPSA) is 53.4 Å². The molecule has 2 aromatic rings. The van der Waals surface area contributed by atoms with Gasteiger partial charge in [-0.25, -0.2) is 8.78 Å². The summed E-state index contributed by atoms with van der Waals surface area (Å²) in [7, 11) is 0. The number of pyridine rings is 1. The second-order valence-corrected chi connectivity index (χ2v) is 10.3.